The fourth-order valence-electron chi connectivity index (χ4n) is 5.30. The Hall–Kier alpha value is -2.59. The zero-order valence-corrected chi connectivity index (χ0v) is 28.1. The topological polar surface area (TPSA) is 86.8 Å². The quantitative estimate of drug-likeness (QED) is 0.223. The summed E-state index contributed by atoms with van der Waals surface area (Å²) in [7, 11) is -4.15. The van der Waals surface area contributed by atoms with Crippen LogP contribution in [0.2, 0.25) is 10.0 Å². The van der Waals surface area contributed by atoms with Gasteiger partial charge in [0.15, 0.2) is 0 Å². The molecule has 43 heavy (non-hydrogen) atoms. The van der Waals surface area contributed by atoms with Crippen LogP contribution < -0.4 is 9.62 Å². The van der Waals surface area contributed by atoms with E-state index in [0.717, 1.165) is 42.0 Å². The molecule has 0 heterocycles. The number of aryl methyl sites for hydroxylation is 1. The maximum Gasteiger partial charge on any atom is 0.264 e. The summed E-state index contributed by atoms with van der Waals surface area (Å²) >= 11 is 15.9. The van der Waals surface area contributed by atoms with Crippen LogP contribution in [0.3, 0.4) is 0 Å². The first kappa shape index (κ1) is 33.3. The van der Waals surface area contributed by atoms with Crippen molar-refractivity contribution in [2.24, 2.45) is 0 Å². The number of sulfonamides is 1. The average molecular weight is 710 g/mol. The summed E-state index contributed by atoms with van der Waals surface area (Å²) < 4.78 is 29.8. The normalized spacial score (nSPS) is 14.6. The van der Waals surface area contributed by atoms with Crippen molar-refractivity contribution in [3.63, 3.8) is 0 Å². The van der Waals surface area contributed by atoms with Crippen LogP contribution in [-0.2, 0) is 26.2 Å². The highest BCUT2D eigenvalue weighted by molar-refractivity contribution is 9.10. The van der Waals surface area contributed by atoms with Gasteiger partial charge in [-0.3, -0.25) is 13.9 Å². The zero-order valence-electron chi connectivity index (χ0n) is 24.2. The lowest BCUT2D eigenvalue weighted by molar-refractivity contribution is -0.140. The maximum atomic E-state index is 14.3. The largest absolute Gasteiger partial charge is 0.352 e. The molecule has 3 aromatic rings. The highest BCUT2D eigenvalue weighted by Gasteiger charge is 2.34. The van der Waals surface area contributed by atoms with Gasteiger partial charge in [-0.2, -0.15) is 0 Å². The Bertz CT molecular complexity index is 1550. The third-order valence-electron chi connectivity index (χ3n) is 7.66. The van der Waals surface area contributed by atoms with Crippen molar-refractivity contribution < 1.29 is 18.0 Å². The lowest BCUT2D eigenvalue weighted by Gasteiger charge is -2.34. The van der Waals surface area contributed by atoms with E-state index in [0.29, 0.717) is 32.2 Å². The summed E-state index contributed by atoms with van der Waals surface area (Å²) in [5.41, 5.74) is 1.89. The number of rotatable bonds is 11. The second kappa shape index (κ2) is 14.9. The molecule has 1 atom stereocenters. The van der Waals surface area contributed by atoms with Crippen molar-refractivity contribution in [2.45, 2.75) is 75.9 Å². The van der Waals surface area contributed by atoms with Crippen LogP contribution in [0.5, 0.6) is 0 Å². The predicted octanol–water partition coefficient (Wildman–Crippen LogP) is 7.52. The SMILES string of the molecule is CC[C@@H](C(=O)NC1CCCCC1)N(Cc1ccc(Cl)c(Cl)c1)C(=O)CN(c1cccc(Br)c1)S(=O)(=O)c1ccc(C)cc1. The molecule has 11 heteroatoms. The summed E-state index contributed by atoms with van der Waals surface area (Å²) in [5, 5.41) is 3.84. The van der Waals surface area contributed by atoms with E-state index in [1.165, 1.54) is 17.0 Å². The number of nitrogens with one attached hydrogen (secondary N) is 1. The van der Waals surface area contributed by atoms with E-state index in [9.17, 15) is 18.0 Å². The van der Waals surface area contributed by atoms with E-state index in [1.807, 2.05) is 13.8 Å². The van der Waals surface area contributed by atoms with Gasteiger partial charge >= 0.3 is 0 Å². The van der Waals surface area contributed by atoms with Gasteiger partial charge in [-0.05, 0) is 74.2 Å². The van der Waals surface area contributed by atoms with Crippen LogP contribution in [0, 0.1) is 6.92 Å². The first-order valence-electron chi connectivity index (χ1n) is 14.4. The van der Waals surface area contributed by atoms with Crippen LogP contribution in [-0.4, -0.2) is 43.8 Å². The van der Waals surface area contributed by atoms with Gasteiger partial charge in [0.1, 0.15) is 12.6 Å². The summed E-state index contributed by atoms with van der Waals surface area (Å²) in [5.74, 6) is -0.773. The van der Waals surface area contributed by atoms with Crippen molar-refractivity contribution in [3.8, 4) is 0 Å². The number of amides is 2. The van der Waals surface area contributed by atoms with Gasteiger partial charge in [0, 0.05) is 17.1 Å². The monoisotopic (exact) mass is 707 g/mol. The standard InChI is InChI=1S/C32H36BrCl2N3O4S/c1-3-30(32(40)36-25-9-5-4-6-10-25)37(20-23-14-17-28(34)29(35)18-23)31(39)21-38(26-11-7-8-24(33)19-26)43(41,42)27-15-12-22(2)13-16-27/h7-8,11-19,25,30H,3-6,9-10,20-21H2,1-2H3,(H,36,40)/t30-/m0/s1. The van der Waals surface area contributed by atoms with Crippen molar-refractivity contribution in [3.05, 3.63) is 92.4 Å². The molecule has 7 nitrogen and oxygen atoms in total. The molecule has 0 saturated heterocycles. The number of benzene rings is 3. The molecular weight excluding hydrogens is 673 g/mol. The molecule has 0 bridgehead atoms. The number of carbonyl (C=O) groups is 2. The van der Waals surface area contributed by atoms with Gasteiger partial charge in [0.2, 0.25) is 11.8 Å². The molecule has 3 aromatic carbocycles. The van der Waals surface area contributed by atoms with E-state index in [2.05, 4.69) is 21.2 Å². The van der Waals surface area contributed by atoms with Crippen LogP contribution in [0.1, 0.15) is 56.6 Å². The van der Waals surface area contributed by atoms with E-state index >= 15 is 0 Å². The smallest absolute Gasteiger partial charge is 0.264 e. The molecule has 2 amide bonds. The predicted molar refractivity (Wildman–Crippen MR) is 176 cm³/mol. The summed E-state index contributed by atoms with van der Waals surface area (Å²) in [6.45, 7) is 3.25. The van der Waals surface area contributed by atoms with Crippen LogP contribution in [0.25, 0.3) is 0 Å². The van der Waals surface area contributed by atoms with E-state index in [1.54, 1.807) is 54.6 Å². The molecule has 4 rings (SSSR count). The highest BCUT2D eigenvalue weighted by atomic mass is 79.9. The van der Waals surface area contributed by atoms with Crippen LogP contribution >= 0.6 is 39.1 Å². The molecule has 0 aromatic heterocycles. The number of hydrogen-bond acceptors (Lipinski definition) is 4. The van der Waals surface area contributed by atoms with Gasteiger partial charge in [-0.15, -0.1) is 0 Å². The minimum Gasteiger partial charge on any atom is -0.352 e. The fourth-order valence-corrected chi connectivity index (χ4v) is 7.41. The van der Waals surface area contributed by atoms with Gasteiger partial charge < -0.3 is 10.2 Å². The van der Waals surface area contributed by atoms with Gasteiger partial charge in [-0.25, -0.2) is 8.42 Å². The molecule has 1 saturated carbocycles. The number of hydrogen-bond donors (Lipinski definition) is 1. The highest BCUT2D eigenvalue weighted by Crippen LogP contribution is 2.28. The van der Waals surface area contributed by atoms with E-state index < -0.39 is 28.5 Å². The summed E-state index contributed by atoms with van der Waals surface area (Å²) in [4.78, 5) is 29.4. The third kappa shape index (κ3) is 8.53. The Morgan fingerprint density at radius 3 is 2.30 bits per heavy atom. The fraction of sp³-hybridized carbons (Fsp3) is 0.375. The summed E-state index contributed by atoms with van der Waals surface area (Å²) in [6.07, 6.45) is 5.38. The lowest BCUT2D eigenvalue weighted by Crippen LogP contribution is -2.54. The molecule has 1 fully saturated rings. The van der Waals surface area contributed by atoms with Gasteiger partial charge in [0.25, 0.3) is 10.0 Å². The number of halogens is 3. The zero-order chi connectivity index (χ0) is 31.1. The van der Waals surface area contributed by atoms with Crippen molar-refractivity contribution >= 4 is 66.7 Å². The van der Waals surface area contributed by atoms with Crippen LogP contribution in [0.4, 0.5) is 5.69 Å². The molecule has 230 valence electrons. The summed E-state index contributed by atoms with van der Waals surface area (Å²) in [6, 6.07) is 17.5. The van der Waals surface area contributed by atoms with E-state index in [-0.39, 0.29) is 23.4 Å². The second-order valence-corrected chi connectivity index (χ2v) is 14.4. The molecule has 1 aliphatic carbocycles. The number of anilines is 1. The van der Waals surface area contributed by atoms with Crippen molar-refractivity contribution in [2.75, 3.05) is 10.8 Å². The molecule has 0 unspecified atom stereocenters. The van der Waals surface area contributed by atoms with Crippen LogP contribution in [0.15, 0.2) is 76.1 Å². The van der Waals surface area contributed by atoms with Gasteiger partial charge in [-0.1, -0.05) is 95.1 Å². The molecular formula is C32H36BrCl2N3O4S. The third-order valence-corrected chi connectivity index (χ3v) is 10.7. The molecule has 1 aliphatic rings. The van der Waals surface area contributed by atoms with E-state index in [4.69, 9.17) is 23.2 Å². The Labute approximate surface area is 272 Å². The Morgan fingerprint density at radius 1 is 0.977 bits per heavy atom. The molecule has 0 radical (unpaired) electrons. The molecule has 0 aliphatic heterocycles. The molecule has 0 spiro atoms. The molecule has 1 N–H and O–H groups in total. The minimum atomic E-state index is -4.15. The lowest BCUT2D eigenvalue weighted by atomic mass is 9.95. The minimum absolute atomic E-state index is 0.0449. The Kier molecular flexibility index (Phi) is 11.6. The van der Waals surface area contributed by atoms with Gasteiger partial charge in [0.05, 0.1) is 20.6 Å². The second-order valence-electron chi connectivity index (χ2n) is 10.8. The number of carbonyl (C=O) groups excluding carboxylic acids is 2. The Morgan fingerprint density at radius 2 is 1.67 bits per heavy atom. The van der Waals surface area contributed by atoms with Crippen molar-refractivity contribution in [1.82, 2.24) is 10.2 Å². The maximum absolute atomic E-state index is 14.3. The first-order chi connectivity index (χ1) is 20.5. The average Bonchev–Trinajstić information content (AvgIpc) is 2.98. The Balaban J connectivity index is 1.72. The number of nitrogens with zero attached hydrogens (tertiary/aromatic N) is 2. The van der Waals surface area contributed by atoms with Crippen molar-refractivity contribution in [1.29, 1.82) is 0 Å². The first-order valence-corrected chi connectivity index (χ1v) is 17.4.